The SMILES string of the molecule is CC(C)c1cccc(NC(=O)C2CCCCC2CN)c1. The highest BCUT2D eigenvalue weighted by Gasteiger charge is 2.29. The molecule has 1 saturated carbocycles. The maximum Gasteiger partial charge on any atom is 0.227 e. The van der Waals surface area contributed by atoms with Crippen LogP contribution in [0.2, 0.25) is 0 Å². The number of benzene rings is 1. The van der Waals surface area contributed by atoms with Crippen molar-refractivity contribution >= 4 is 11.6 Å². The van der Waals surface area contributed by atoms with E-state index in [1.54, 1.807) is 0 Å². The third kappa shape index (κ3) is 3.60. The molecule has 3 heteroatoms. The van der Waals surface area contributed by atoms with E-state index in [2.05, 4.69) is 31.3 Å². The van der Waals surface area contributed by atoms with Gasteiger partial charge in [0.25, 0.3) is 0 Å². The molecule has 1 aromatic carbocycles. The fourth-order valence-electron chi connectivity index (χ4n) is 3.05. The highest BCUT2D eigenvalue weighted by atomic mass is 16.1. The topological polar surface area (TPSA) is 55.1 Å². The van der Waals surface area contributed by atoms with Crippen molar-refractivity contribution in [2.45, 2.75) is 45.4 Å². The van der Waals surface area contributed by atoms with Crippen molar-refractivity contribution in [1.82, 2.24) is 0 Å². The Hall–Kier alpha value is -1.35. The highest BCUT2D eigenvalue weighted by molar-refractivity contribution is 5.92. The van der Waals surface area contributed by atoms with Crippen molar-refractivity contribution in [3.8, 4) is 0 Å². The Balaban J connectivity index is 2.05. The van der Waals surface area contributed by atoms with Crippen molar-refractivity contribution in [1.29, 1.82) is 0 Å². The summed E-state index contributed by atoms with van der Waals surface area (Å²) in [6.07, 6.45) is 4.40. The molecule has 3 nitrogen and oxygen atoms in total. The van der Waals surface area contributed by atoms with E-state index >= 15 is 0 Å². The lowest BCUT2D eigenvalue weighted by Gasteiger charge is -2.29. The smallest absolute Gasteiger partial charge is 0.227 e. The van der Waals surface area contributed by atoms with Gasteiger partial charge >= 0.3 is 0 Å². The fraction of sp³-hybridized carbons (Fsp3) is 0.588. The summed E-state index contributed by atoms with van der Waals surface area (Å²) < 4.78 is 0. The van der Waals surface area contributed by atoms with Crippen LogP contribution in [0.1, 0.15) is 51.0 Å². The zero-order valence-corrected chi connectivity index (χ0v) is 12.6. The van der Waals surface area contributed by atoms with Crippen LogP contribution in [0.4, 0.5) is 5.69 Å². The lowest BCUT2D eigenvalue weighted by molar-refractivity contribution is -0.122. The van der Waals surface area contributed by atoms with Crippen LogP contribution in [0.25, 0.3) is 0 Å². The molecule has 1 aliphatic carbocycles. The van der Waals surface area contributed by atoms with E-state index in [0.717, 1.165) is 24.9 Å². The molecular weight excluding hydrogens is 248 g/mol. The fourth-order valence-corrected chi connectivity index (χ4v) is 3.05. The zero-order chi connectivity index (χ0) is 14.5. The zero-order valence-electron chi connectivity index (χ0n) is 12.6. The van der Waals surface area contributed by atoms with Gasteiger partial charge in [-0.05, 0) is 48.9 Å². The van der Waals surface area contributed by atoms with E-state index in [9.17, 15) is 4.79 Å². The lowest BCUT2D eigenvalue weighted by Crippen LogP contribution is -2.35. The van der Waals surface area contributed by atoms with Crippen LogP contribution < -0.4 is 11.1 Å². The molecule has 1 aromatic rings. The Labute approximate surface area is 121 Å². The lowest BCUT2D eigenvalue weighted by atomic mass is 9.78. The quantitative estimate of drug-likeness (QED) is 0.882. The first kappa shape index (κ1) is 15.0. The molecule has 1 amide bonds. The minimum Gasteiger partial charge on any atom is -0.330 e. The molecule has 2 rings (SSSR count). The van der Waals surface area contributed by atoms with Gasteiger partial charge in [0.05, 0.1) is 0 Å². The molecule has 1 aliphatic rings. The molecule has 0 heterocycles. The van der Waals surface area contributed by atoms with E-state index in [4.69, 9.17) is 5.73 Å². The Bertz CT molecular complexity index is 456. The molecule has 0 radical (unpaired) electrons. The van der Waals surface area contributed by atoms with Crippen molar-refractivity contribution in [3.63, 3.8) is 0 Å². The van der Waals surface area contributed by atoms with Gasteiger partial charge in [0.2, 0.25) is 5.91 Å². The standard InChI is InChI=1S/C17H26N2O/c1-12(2)13-7-5-8-15(10-13)19-17(20)16-9-4-3-6-14(16)11-18/h5,7-8,10,12,14,16H,3-4,6,9,11,18H2,1-2H3,(H,19,20). The number of anilines is 1. The number of carbonyl (C=O) groups is 1. The van der Waals surface area contributed by atoms with Gasteiger partial charge < -0.3 is 11.1 Å². The summed E-state index contributed by atoms with van der Waals surface area (Å²) in [7, 11) is 0. The normalized spacial score (nSPS) is 22.8. The summed E-state index contributed by atoms with van der Waals surface area (Å²) in [5, 5.41) is 3.08. The van der Waals surface area contributed by atoms with Crippen molar-refractivity contribution in [2.24, 2.45) is 17.6 Å². The second-order valence-corrected chi connectivity index (χ2v) is 6.16. The first-order chi connectivity index (χ1) is 9.61. The van der Waals surface area contributed by atoms with E-state index in [0.29, 0.717) is 18.4 Å². The minimum atomic E-state index is 0.0801. The summed E-state index contributed by atoms with van der Waals surface area (Å²) >= 11 is 0. The molecule has 0 spiro atoms. The summed E-state index contributed by atoms with van der Waals surface area (Å²) in [4.78, 5) is 12.5. The Morgan fingerprint density at radius 1 is 1.35 bits per heavy atom. The molecule has 3 N–H and O–H groups in total. The second kappa shape index (κ2) is 6.89. The highest BCUT2D eigenvalue weighted by Crippen LogP contribution is 2.30. The van der Waals surface area contributed by atoms with Crippen LogP contribution in [0.15, 0.2) is 24.3 Å². The molecule has 2 atom stereocenters. The van der Waals surface area contributed by atoms with Crippen LogP contribution in [-0.4, -0.2) is 12.5 Å². The summed E-state index contributed by atoms with van der Waals surface area (Å²) in [5.74, 6) is 1.04. The molecule has 0 bridgehead atoms. The number of carbonyl (C=O) groups excluding carboxylic acids is 1. The second-order valence-electron chi connectivity index (χ2n) is 6.16. The van der Waals surface area contributed by atoms with Crippen LogP contribution >= 0.6 is 0 Å². The van der Waals surface area contributed by atoms with Gasteiger partial charge in [-0.25, -0.2) is 0 Å². The van der Waals surface area contributed by atoms with Crippen LogP contribution in [0.5, 0.6) is 0 Å². The van der Waals surface area contributed by atoms with Crippen LogP contribution in [0.3, 0.4) is 0 Å². The van der Waals surface area contributed by atoms with E-state index in [-0.39, 0.29) is 11.8 Å². The molecule has 0 aliphatic heterocycles. The minimum absolute atomic E-state index is 0.0801. The average molecular weight is 274 g/mol. The Morgan fingerprint density at radius 3 is 2.80 bits per heavy atom. The number of amides is 1. The third-order valence-corrected chi connectivity index (χ3v) is 4.37. The predicted molar refractivity (Wildman–Crippen MR) is 83.7 cm³/mol. The van der Waals surface area contributed by atoms with Gasteiger partial charge in [0, 0.05) is 11.6 Å². The predicted octanol–water partition coefficient (Wildman–Crippen LogP) is 3.51. The number of nitrogens with two attached hydrogens (primary N) is 1. The molecule has 2 unspecified atom stereocenters. The van der Waals surface area contributed by atoms with Gasteiger partial charge in [-0.15, -0.1) is 0 Å². The van der Waals surface area contributed by atoms with Crippen molar-refractivity contribution in [2.75, 3.05) is 11.9 Å². The van der Waals surface area contributed by atoms with E-state index in [1.165, 1.54) is 12.0 Å². The van der Waals surface area contributed by atoms with Crippen molar-refractivity contribution in [3.05, 3.63) is 29.8 Å². The Morgan fingerprint density at radius 2 is 2.10 bits per heavy atom. The van der Waals surface area contributed by atoms with E-state index in [1.807, 2.05) is 12.1 Å². The molecule has 1 fully saturated rings. The van der Waals surface area contributed by atoms with Crippen LogP contribution in [-0.2, 0) is 4.79 Å². The maximum atomic E-state index is 12.5. The Kier molecular flexibility index (Phi) is 5.18. The summed E-state index contributed by atoms with van der Waals surface area (Å²) in [6.45, 7) is 4.93. The number of rotatable bonds is 4. The number of nitrogens with one attached hydrogen (secondary N) is 1. The molecule has 0 saturated heterocycles. The van der Waals surface area contributed by atoms with E-state index < -0.39 is 0 Å². The van der Waals surface area contributed by atoms with Crippen LogP contribution in [0, 0.1) is 11.8 Å². The van der Waals surface area contributed by atoms with Crippen molar-refractivity contribution < 1.29 is 4.79 Å². The largest absolute Gasteiger partial charge is 0.330 e. The average Bonchev–Trinajstić information content (AvgIpc) is 2.47. The molecule has 110 valence electrons. The number of hydrogen-bond donors (Lipinski definition) is 2. The molecular formula is C17H26N2O. The first-order valence-corrected chi connectivity index (χ1v) is 7.72. The molecule has 0 aromatic heterocycles. The van der Waals surface area contributed by atoms with Gasteiger partial charge in [-0.2, -0.15) is 0 Å². The van der Waals surface area contributed by atoms with Gasteiger partial charge in [0.1, 0.15) is 0 Å². The van der Waals surface area contributed by atoms with Gasteiger partial charge in [0.15, 0.2) is 0 Å². The van der Waals surface area contributed by atoms with Gasteiger partial charge in [-0.3, -0.25) is 4.79 Å². The monoisotopic (exact) mass is 274 g/mol. The van der Waals surface area contributed by atoms with Gasteiger partial charge in [-0.1, -0.05) is 38.8 Å². The maximum absolute atomic E-state index is 12.5. The summed E-state index contributed by atoms with van der Waals surface area (Å²) in [6, 6.07) is 8.14. The summed E-state index contributed by atoms with van der Waals surface area (Å²) in [5.41, 5.74) is 7.97. The first-order valence-electron chi connectivity index (χ1n) is 7.72. The molecule has 20 heavy (non-hydrogen) atoms. The third-order valence-electron chi connectivity index (χ3n) is 4.37. The number of hydrogen-bond acceptors (Lipinski definition) is 2.